The summed E-state index contributed by atoms with van der Waals surface area (Å²) >= 11 is 2.45. The second-order valence-electron chi connectivity index (χ2n) is 4.74. The molecule has 17 heavy (non-hydrogen) atoms. The Bertz CT molecular complexity index is 630. The summed E-state index contributed by atoms with van der Waals surface area (Å²) in [5, 5.41) is 0. The van der Waals surface area contributed by atoms with Crippen molar-refractivity contribution in [3.8, 4) is 0 Å². The molecule has 0 heterocycles. The van der Waals surface area contributed by atoms with Crippen molar-refractivity contribution >= 4 is 22.6 Å². The molecule has 0 amide bonds. The first-order chi connectivity index (χ1) is 8.34. The van der Waals surface area contributed by atoms with Crippen molar-refractivity contribution in [2.45, 2.75) is 6.42 Å². The van der Waals surface area contributed by atoms with Gasteiger partial charge in [0.15, 0.2) is 0 Å². The molecule has 0 bridgehead atoms. The van der Waals surface area contributed by atoms with E-state index in [9.17, 15) is 0 Å². The van der Waals surface area contributed by atoms with Crippen LogP contribution in [0.25, 0.3) is 0 Å². The molecular weight excluding hydrogens is 319 g/mol. The van der Waals surface area contributed by atoms with Gasteiger partial charge in [-0.25, -0.2) is 0 Å². The molecule has 4 aliphatic carbocycles. The highest BCUT2D eigenvalue weighted by molar-refractivity contribution is 14.1. The molecule has 4 rings (SSSR count). The predicted molar refractivity (Wildman–Crippen MR) is 79.8 cm³/mol. The van der Waals surface area contributed by atoms with Crippen molar-refractivity contribution in [2.24, 2.45) is 5.92 Å². The van der Waals surface area contributed by atoms with E-state index in [-0.39, 0.29) is 0 Å². The molecule has 1 heteroatoms. The number of hydrogen-bond acceptors (Lipinski definition) is 0. The van der Waals surface area contributed by atoms with Gasteiger partial charge in [0.1, 0.15) is 0 Å². The lowest BCUT2D eigenvalue weighted by Crippen LogP contribution is -2.21. The average molecular weight is 330 g/mol. The molecule has 0 saturated carbocycles. The summed E-state index contributed by atoms with van der Waals surface area (Å²) in [6.07, 6.45) is 19.3. The Labute approximate surface area is 115 Å². The van der Waals surface area contributed by atoms with E-state index in [0.717, 1.165) is 6.42 Å². The van der Waals surface area contributed by atoms with E-state index in [1.54, 1.807) is 5.57 Å². The maximum absolute atomic E-state index is 2.45. The molecule has 0 aromatic rings. The number of rotatable bonds is 0. The largest absolute Gasteiger partial charge is 0.0795 e. The zero-order valence-electron chi connectivity index (χ0n) is 9.28. The van der Waals surface area contributed by atoms with Gasteiger partial charge in [-0.05, 0) is 63.0 Å². The quantitative estimate of drug-likeness (QED) is 0.572. The second-order valence-corrected chi connectivity index (χ2v) is 5.90. The molecule has 0 fully saturated rings. The molecule has 1 atom stereocenters. The first kappa shape index (κ1) is 9.89. The molecule has 0 radical (unpaired) electrons. The molecule has 0 spiro atoms. The highest BCUT2D eigenvalue weighted by Gasteiger charge is 2.33. The van der Waals surface area contributed by atoms with Crippen LogP contribution < -0.4 is 0 Å². The summed E-state index contributed by atoms with van der Waals surface area (Å²) in [5.41, 5.74) is 7.36. The predicted octanol–water partition coefficient (Wildman–Crippen LogP) is 4.55. The van der Waals surface area contributed by atoms with E-state index in [4.69, 9.17) is 0 Å². The lowest BCUT2D eigenvalue weighted by Gasteiger charge is -2.36. The minimum absolute atomic E-state index is 0.497. The van der Waals surface area contributed by atoms with Crippen molar-refractivity contribution in [2.75, 3.05) is 0 Å². The average Bonchev–Trinajstić information content (AvgIpc) is 2.38. The third-order valence-corrected chi connectivity index (χ3v) is 4.82. The first-order valence-electron chi connectivity index (χ1n) is 5.92. The van der Waals surface area contributed by atoms with Crippen LogP contribution >= 0.6 is 22.6 Å². The van der Waals surface area contributed by atoms with Crippen LogP contribution in [0, 0.1) is 5.92 Å². The molecule has 0 aromatic heterocycles. The summed E-state index contributed by atoms with van der Waals surface area (Å²) in [7, 11) is 0. The van der Waals surface area contributed by atoms with Gasteiger partial charge in [0.25, 0.3) is 0 Å². The van der Waals surface area contributed by atoms with Crippen molar-refractivity contribution in [3.63, 3.8) is 0 Å². The van der Waals surface area contributed by atoms with E-state index >= 15 is 0 Å². The zero-order valence-corrected chi connectivity index (χ0v) is 11.4. The topological polar surface area (TPSA) is 0 Å². The van der Waals surface area contributed by atoms with Gasteiger partial charge in [-0.1, -0.05) is 42.5 Å². The zero-order chi connectivity index (χ0) is 11.4. The Kier molecular flexibility index (Phi) is 2.01. The number of allylic oxidation sites excluding steroid dienone is 14. The first-order valence-corrected chi connectivity index (χ1v) is 7.00. The monoisotopic (exact) mass is 330 g/mol. The minimum atomic E-state index is 0.497. The molecular formula is C16H11I. The van der Waals surface area contributed by atoms with Gasteiger partial charge < -0.3 is 0 Å². The summed E-state index contributed by atoms with van der Waals surface area (Å²) in [6, 6.07) is 0. The lowest BCUT2D eigenvalue weighted by molar-refractivity contribution is 0.830. The van der Waals surface area contributed by atoms with Crippen molar-refractivity contribution in [1.29, 1.82) is 0 Å². The van der Waals surface area contributed by atoms with Gasteiger partial charge in [-0.15, -0.1) is 0 Å². The smallest absolute Gasteiger partial charge is 0.0359 e. The molecule has 82 valence electrons. The molecule has 4 aliphatic rings. The standard InChI is InChI=1S/C16H11I/c17-14-9-7-12-5-4-10-2-1-3-11-6-8-13(14)16(12)15(10)11/h1-2,4-9,16H,3H2. The fraction of sp³-hybridized carbons (Fsp3) is 0.125. The molecule has 0 aromatic carbocycles. The Morgan fingerprint density at radius 3 is 2.88 bits per heavy atom. The molecule has 0 saturated heterocycles. The SMILES string of the molecule is IC1=CC=C2C=CC3=C4C(=CC=C1C24)CC=C3. The van der Waals surface area contributed by atoms with E-state index < -0.39 is 0 Å². The van der Waals surface area contributed by atoms with E-state index in [0.29, 0.717) is 5.92 Å². The molecule has 0 aliphatic heterocycles. The van der Waals surface area contributed by atoms with Crippen LogP contribution in [0.1, 0.15) is 6.42 Å². The molecule has 1 unspecified atom stereocenters. The Morgan fingerprint density at radius 2 is 1.94 bits per heavy atom. The summed E-state index contributed by atoms with van der Waals surface area (Å²) in [5.74, 6) is 0.497. The number of halogens is 1. The van der Waals surface area contributed by atoms with Gasteiger partial charge in [0.2, 0.25) is 0 Å². The van der Waals surface area contributed by atoms with Crippen LogP contribution in [0.3, 0.4) is 0 Å². The maximum atomic E-state index is 2.45. The Hall–Kier alpha value is -1.09. The van der Waals surface area contributed by atoms with Crippen LogP contribution in [0.5, 0.6) is 0 Å². The normalized spacial score (nSPS) is 28.2. The van der Waals surface area contributed by atoms with Gasteiger partial charge in [0.05, 0.1) is 0 Å². The third-order valence-electron chi connectivity index (χ3n) is 3.84. The maximum Gasteiger partial charge on any atom is 0.0359 e. The van der Waals surface area contributed by atoms with Crippen LogP contribution in [0.4, 0.5) is 0 Å². The van der Waals surface area contributed by atoms with Gasteiger partial charge >= 0.3 is 0 Å². The van der Waals surface area contributed by atoms with Crippen molar-refractivity contribution in [3.05, 3.63) is 80.1 Å². The highest BCUT2D eigenvalue weighted by Crippen LogP contribution is 2.49. The summed E-state index contributed by atoms with van der Waals surface area (Å²) in [4.78, 5) is 0. The van der Waals surface area contributed by atoms with Gasteiger partial charge in [-0.3, -0.25) is 0 Å². The Morgan fingerprint density at radius 1 is 1.00 bits per heavy atom. The summed E-state index contributed by atoms with van der Waals surface area (Å²) < 4.78 is 1.38. The van der Waals surface area contributed by atoms with Crippen LogP contribution in [-0.4, -0.2) is 0 Å². The molecule has 0 nitrogen and oxygen atoms in total. The number of hydrogen-bond donors (Lipinski definition) is 0. The van der Waals surface area contributed by atoms with Crippen LogP contribution in [0.15, 0.2) is 80.1 Å². The fourth-order valence-electron chi connectivity index (χ4n) is 3.06. The van der Waals surface area contributed by atoms with Crippen LogP contribution in [-0.2, 0) is 0 Å². The van der Waals surface area contributed by atoms with Crippen molar-refractivity contribution in [1.82, 2.24) is 0 Å². The lowest BCUT2D eigenvalue weighted by atomic mass is 9.69. The van der Waals surface area contributed by atoms with Gasteiger partial charge in [0, 0.05) is 9.50 Å². The fourth-order valence-corrected chi connectivity index (χ4v) is 3.73. The van der Waals surface area contributed by atoms with Crippen molar-refractivity contribution < 1.29 is 0 Å². The highest BCUT2D eigenvalue weighted by atomic mass is 127. The summed E-state index contributed by atoms with van der Waals surface area (Å²) in [6.45, 7) is 0. The van der Waals surface area contributed by atoms with Crippen LogP contribution in [0.2, 0.25) is 0 Å². The minimum Gasteiger partial charge on any atom is -0.0795 e. The van der Waals surface area contributed by atoms with E-state index in [2.05, 4.69) is 71.2 Å². The van der Waals surface area contributed by atoms with E-state index in [1.165, 1.54) is 25.9 Å². The molecule has 0 N–H and O–H groups in total. The van der Waals surface area contributed by atoms with E-state index in [1.807, 2.05) is 0 Å². The second kappa shape index (κ2) is 3.45. The Balaban J connectivity index is 2.04. The van der Waals surface area contributed by atoms with Gasteiger partial charge in [-0.2, -0.15) is 0 Å². The third kappa shape index (κ3) is 1.29.